The Morgan fingerprint density at radius 2 is 2.07 bits per heavy atom. The van der Waals surface area contributed by atoms with Gasteiger partial charge in [-0.3, -0.25) is 9.78 Å². The zero-order valence-electron chi connectivity index (χ0n) is 7.94. The standard InChI is InChI=1S/C10H13N3O/c11-9-5-8(6-12-7-9)10(14)13-3-1-2-4-13/h5-7H,1-4,11H2. The summed E-state index contributed by atoms with van der Waals surface area (Å²) in [5, 5.41) is 0. The number of nitrogens with zero attached hydrogens (tertiary/aromatic N) is 2. The van der Waals surface area contributed by atoms with Crippen molar-refractivity contribution in [3.05, 3.63) is 24.0 Å². The molecule has 0 bridgehead atoms. The lowest BCUT2D eigenvalue weighted by Gasteiger charge is -2.14. The van der Waals surface area contributed by atoms with Crippen molar-refractivity contribution in [1.29, 1.82) is 0 Å². The average Bonchev–Trinajstić information content (AvgIpc) is 2.69. The average molecular weight is 191 g/mol. The minimum atomic E-state index is 0.0438. The Kier molecular flexibility index (Phi) is 2.35. The molecular weight excluding hydrogens is 178 g/mol. The number of carbonyl (C=O) groups is 1. The molecule has 0 aromatic carbocycles. The molecule has 1 saturated heterocycles. The number of rotatable bonds is 1. The fourth-order valence-corrected chi connectivity index (χ4v) is 1.68. The lowest BCUT2D eigenvalue weighted by molar-refractivity contribution is 0.0792. The van der Waals surface area contributed by atoms with Crippen molar-refractivity contribution in [3.8, 4) is 0 Å². The van der Waals surface area contributed by atoms with Crippen LogP contribution < -0.4 is 5.73 Å². The summed E-state index contributed by atoms with van der Waals surface area (Å²) in [6, 6.07) is 1.67. The van der Waals surface area contributed by atoms with E-state index >= 15 is 0 Å². The summed E-state index contributed by atoms with van der Waals surface area (Å²) in [4.78, 5) is 17.6. The topological polar surface area (TPSA) is 59.2 Å². The van der Waals surface area contributed by atoms with E-state index in [1.165, 1.54) is 0 Å². The quantitative estimate of drug-likeness (QED) is 0.717. The summed E-state index contributed by atoms with van der Waals surface area (Å²) in [7, 11) is 0. The van der Waals surface area contributed by atoms with Crippen molar-refractivity contribution in [2.45, 2.75) is 12.8 Å². The van der Waals surface area contributed by atoms with E-state index in [1.54, 1.807) is 18.5 Å². The molecule has 4 heteroatoms. The predicted octanol–water partition coefficient (Wildman–Crippen LogP) is 0.900. The van der Waals surface area contributed by atoms with Crippen LogP contribution in [-0.4, -0.2) is 28.9 Å². The van der Waals surface area contributed by atoms with E-state index in [1.807, 2.05) is 4.90 Å². The molecule has 0 atom stereocenters. The molecule has 2 rings (SSSR count). The molecule has 0 spiro atoms. The van der Waals surface area contributed by atoms with Gasteiger partial charge < -0.3 is 10.6 Å². The smallest absolute Gasteiger partial charge is 0.255 e. The van der Waals surface area contributed by atoms with Crippen molar-refractivity contribution in [3.63, 3.8) is 0 Å². The van der Waals surface area contributed by atoms with Gasteiger partial charge in [0, 0.05) is 25.5 Å². The Balaban J connectivity index is 2.17. The second kappa shape index (κ2) is 3.65. The van der Waals surface area contributed by atoms with E-state index in [-0.39, 0.29) is 5.91 Å². The summed E-state index contributed by atoms with van der Waals surface area (Å²) in [6.45, 7) is 1.71. The van der Waals surface area contributed by atoms with Gasteiger partial charge in [0.25, 0.3) is 5.91 Å². The molecule has 1 aromatic heterocycles. The van der Waals surface area contributed by atoms with Gasteiger partial charge in [-0.15, -0.1) is 0 Å². The zero-order valence-corrected chi connectivity index (χ0v) is 7.94. The van der Waals surface area contributed by atoms with Crippen LogP contribution in [0.1, 0.15) is 23.2 Å². The highest BCUT2D eigenvalue weighted by molar-refractivity contribution is 5.94. The van der Waals surface area contributed by atoms with Gasteiger partial charge >= 0.3 is 0 Å². The third-order valence-electron chi connectivity index (χ3n) is 2.40. The van der Waals surface area contributed by atoms with Crippen LogP contribution in [0.3, 0.4) is 0 Å². The number of aromatic nitrogens is 1. The molecule has 4 nitrogen and oxygen atoms in total. The maximum atomic E-state index is 11.8. The lowest BCUT2D eigenvalue weighted by atomic mass is 10.2. The molecule has 14 heavy (non-hydrogen) atoms. The highest BCUT2D eigenvalue weighted by Gasteiger charge is 2.19. The second-order valence-corrected chi connectivity index (χ2v) is 3.51. The summed E-state index contributed by atoms with van der Waals surface area (Å²) >= 11 is 0. The largest absolute Gasteiger partial charge is 0.397 e. The molecule has 74 valence electrons. The van der Waals surface area contributed by atoms with Gasteiger partial charge in [0.05, 0.1) is 11.3 Å². The van der Waals surface area contributed by atoms with Gasteiger partial charge in [0.15, 0.2) is 0 Å². The Hall–Kier alpha value is -1.58. The fraction of sp³-hybridized carbons (Fsp3) is 0.400. The molecule has 1 aliphatic rings. The van der Waals surface area contributed by atoms with Gasteiger partial charge in [0.2, 0.25) is 0 Å². The van der Waals surface area contributed by atoms with E-state index in [2.05, 4.69) is 4.98 Å². The van der Waals surface area contributed by atoms with Crippen LogP contribution in [0.2, 0.25) is 0 Å². The van der Waals surface area contributed by atoms with Crippen molar-refractivity contribution in [2.24, 2.45) is 0 Å². The Morgan fingerprint density at radius 3 is 2.71 bits per heavy atom. The molecule has 0 unspecified atom stereocenters. The maximum Gasteiger partial charge on any atom is 0.255 e. The number of likely N-dealkylation sites (tertiary alicyclic amines) is 1. The maximum absolute atomic E-state index is 11.8. The van der Waals surface area contributed by atoms with Crippen LogP contribution in [0.15, 0.2) is 18.5 Å². The fourth-order valence-electron chi connectivity index (χ4n) is 1.68. The first-order valence-corrected chi connectivity index (χ1v) is 4.77. The number of pyridine rings is 1. The molecule has 1 fully saturated rings. The van der Waals surface area contributed by atoms with Crippen molar-refractivity contribution in [1.82, 2.24) is 9.88 Å². The minimum Gasteiger partial charge on any atom is -0.397 e. The van der Waals surface area contributed by atoms with Crippen LogP contribution in [0, 0.1) is 0 Å². The summed E-state index contributed by atoms with van der Waals surface area (Å²) in [5.74, 6) is 0.0438. The van der Waals surface area contributed by atoms with E-state index < -0.39 is 0 Å². The molecule has 0 aliphatic carbocycles. The van der Waals surface area contributed by atoms with E-state index in [0.29, 0.717) is 11.3 Å². The normalized spacial score (nSPS) is 15.9. The van der Waals surface area contributed by atoms with E-state index in [9.17, 15) is 4.79 Å². The van der Waals surface area contributed by atoms with Gasteiger partial charge in [-0.1, -0.05) is 0 Å². The summed E-state index contributed by atoms with van der Waals surface area (Å²) < 4.78 is 0. The van der Waals surface area contributed by atoms with Crippen LogP contribution in [0.4, 0.5) is 5.69 Å². The molecule has 1 aromatic rings. The Bertz CT molecular complexity index is 345. The number of carbonyl (C=O) groups excluding carboxylic acids is 1. The second-order valence-electron chi connectivity index (χ2n) is 3.51. The first-order chi connectivity index (χ1) is 6.77. The number of amides is 1. The van der Waals surface area contributed by atoms with Crippen molar-refractivity contribution < 1.29 is 4.79 Å². The number of hydrogen-bond donors (Lipinski definition) is 1. The first-order valence-electron chi connectivity index (χ1n) is 4.77. The molecule has 2 heterocycles. The van der Waals surface area contributed by atoms with Gasteiger partial charge in [-0.2, -0.15) is 0 Å². The molecule has 1 amide bonds. The van der Waals surface area contributed by atoms with Crippen LogP contribution in [0.25, 0.3) is 0 Å². The number of anilines is 1. The first kappa shape index (κ1) is 8.99. The third kappa shape index (κ3) is 1.69. The molecule has 0 radical (unpaired) electrons. The molecule has 1 aliphatic heterocycles. The van der Waals surface area contributed by atoms with Crippen LogP contribution in [-0.2, 0) is 0 Å². The minimum absolute atomic E-state index is 0.0438. The molecule has 0 saturated carbocycles. The van der Waals surface area contributed by atoms with Gasteiger partial charge in [0.1, 0.15) is 0 Å². The Labute approximate surface area is 82.7 Å². The Morgan fingerprint density at radius 1 is 1.36 bits per heavy atom. The van der Waals surface area contributed by atoms with Crippen LogP contribution >= 0.6 is 0 Å². The molecular formula is C10H13N3O. The number of nitrogens with two attached hydrogens (primary N) is 1. The summed E-state index contributed by atoms with van der Waals surface area (Å²) in [6.07, 6.45) is 5.31. The van der Waals surface area contributed by atoms with Gasteiger partial charge in [-0.25, -0.2) is 0 Å². The van der Waals surface area contributed by atoms with Crippen molar-refractivity contribution >= 4 is 11.6 Å². The van der Waals surface area contributed by atoms with E-state index in [0.717, 1.165) is 25.9 Å². The number of nitrogen functional groups attached to an aromatic ring is 1. The number of hydrogen-bond acceptors (Lipinski definition) is 3. The lowest BCUT2D eigenvalue weighted by Crippen LogP contribution is -2.27. The highest BCUT2D eigenvalue weighted by Crippen LogP contribution is 2.13. The predicted molar refractivity (Wildman–Crippen MR) is 53.8 cm³/mol. The third-order valence-corrected chi connectivity index (χ3v) is 2.40. The van der Waals surface area contributed by atoms with E-state index in [4.69, 9.17) is 5.73 Å². The SMILES string of the molecule is Nc1cncc(C(=O)N2CCCC2)c1. The van der Waals surface area contributed by atoms with Crippen LogP contribution in [0.5, 0.6) is 0 Å². The monoisotopic (exact) mass is 191 g/mol. The zero-order chi connectivity index (χ0) is 9.97. The summed E-state index contributed by atoms with van der Waals surface area (Å²) in [5.41, 5.74) is 6.69. The highest BCUT2D eigenvalue weighted by atomic mass is 16.2. The molecule has 2 N–H and O–H groups in total. The van der Waals surface area contributed by atoms with Crippen molar-refractivity contribution in [2.75, 3.05) is 18.8 Å². The van der Waals surface area contributed by atoms with Gasteiger partial charge in [-0.05, 0) is 18.9 Å².